The normalized spacial score (nSPS) is 13.4. The van der Waals surface area contributed by atoms with Gasteiger partial charge in [-0.15, -0.1) is 11.3 Å². The first-order valence-electron chi connectivity index (χ1n) is 14.5. The summed E-state index contributed by atoms with van der Waals surface area (Å²) in [5.74, 6) is -0.671. The average molecular weight is 607 g/mol. The van der Waals surface area contributed by atoms with Crippen molar-refractivity contribution in [2.75, 3.05) is 12.3 Å². The van der Waals surface area contributed by atoms with Crippen molar-refractivity contribution in [1.82, 2.24) is 14.6 Å². The summed E-state index contributed by atoms with van der Waals surface area (Å²) in [6, 6.07) is 6.78. The maximum atomic E-state index is 13.3. The zero-order valence-electron chi connectivity index (χ0n) is 25.0. The maximum Gasteiger partial charge on any atom is 0.303 e. The largest absolute Gasteiger partial charge is 0.455 e. The van der Waals surface area contributed by atoms with Crippen LogP contribution in [0.3, 0.4) is 0 Å². The van der Waals surface area contributed by atoms with Crippen LogP contribution < -0.4 is 10.5 Å². The van der Waals surface area contributed by atoms with Gasteiger partial charge in [0.2, 0.25) is 5.91 Å². The Morgan fingerprint density at radius 3 is 2.37 bits per heavy atom. The summed E-state index contributed by atoms with van der Waals surface area (Å²) >= 11 is 1.21. The lowest BCUT2D eigenvalue weighted by atomic mass is 9.95. The number of anilines is 1. The van der Waals surface area contributed by atoms with Crippen molar-refractivity contribution in [1.29, 1.82) is 0 Å². The Hall–Kier alpha value is -2.79. The van der Waals surface area contributed by atoms with Crippen molar-refractivity contribution < 1.29 is 23.3 Å². The van der Waals surface area contributed by atoms with Gasteiger partial charge in [-0.2, -0.15) is 0 Å². The molecular formula is C30H46N4O5S2. The van der Waals surface area contributed by atoms with Gasteiger partial charge in [-0.25, -0.2) is 9.19 Å². The quantitative estimate of drug-likeness (QED) is 0.122. The molecule has 41 heavy (non-hydrogen) atoms. The average Bonchev–Trinajstić information content (AvgIpc) is 3.42. The third kappa shape index (κ3) is 11.9. The Labute approximate surface area is 251 Å². The minimum atomic E-state index is -1.66. The molecule has 0 spiro atoms. The number of amides is 2. The van der Waals surface area contributed by atoms with E-state index in [4.69, 9.17) is 10.5 Å². The van der Waals surface area contributed by atoms with Gasteiger partial charge in [0.1, 0.15) is 21.7 Å². The molecule has 0 fully saturated rings. The molecule has 3 N–H and O–H groups in total. The summed E-state index contributed by atoms with van der Waals surface area (Å²) in [7, 11) is -1.66. The Morgan fingerprint density at radius 2 is 1.76 bits per heavy atom. The van der Waals surface area contributed by atoms with E-state index in [1.165, 1.54) is 18.3 Å². The monoisotopic (exact) mass is 606 g/mol. The fraction of sp³-hybridized carbons (Fsp3) is 0.600. The van der Waals surface area contributed by atoms with E-state index in [-0.39, 0.29) is 29.3 Å². The van der Waals surface area contributed by atoms with Gasteiger partial charge in [-0.05, 0) is 36.5 Å². The Kier molecular flexibility index (Phi) is 15.0. The molecule has 0 radical (unpaired) electrons. The molecule has 0 aliphatic heterocycles. The molecule has 3 unspecified atom stereocenters. The number of nitrogens with zero attached hydrogens (tertiary/aromatic N) is 2. The lowest BCUT2D eigenvalue weighted by molar-refractivity contribution is -0.148. The zero-order chi connectivity index (χ0) is 30.4. The number of hydrogen-bond donors (Lipinski definition) is 2. The highest BCUT2D eigenvalue weighted by molar-refractivity contribution is 7.82. The highest BCUT2D eigenvalue weighted by Gasteiger charge is 2.32. The van der Waals surface area contributed by atoms with Crippen LogP contribution in [-0.2, 0) is 31.1 Å². The fourth-order valence-corrected chi connectivity index (χ4v) is 6.25. The van der Waals surface area contributed by atoms with Gasteiger partial charge in [-0.3, -0.25) is 19.1 Å². The molecular weight excluding hydrogens is 560 g/mol. The van der Waals surface area contributed by atoms with Gasteiger partial charge in [-0.1, -0.05) is 65.5 Å². The second-order valence-corrected chi connectivity index (χ2v) is 12.7. The molecule has 0 saturated heterocycles. The van der Waals surface area contributed by atoms with Crippen molar-refractivity contribution in [3.63, 3.8) is 0 Å². The number of aromatic nitrogens is 1. The van der Waals surface area contributed by atoms with Crippen molar-refractivity contribution >= 4 is 45.8 Å². The number of unbranched alkanes of at least 4 members (excludes halogenated alkanes) is 4. The Bertz CT molecular complexity index is 1140. The van der Waals surface area contributed by atoms with Gasteiger partial charge in [0.15, 0.2) is 6.10 Å². The van der Waals surface area contributed by atoms with E-state index in [0.29, 0.717) is 30.1 Å². The zero-order valence-corrected chi connectivity index (χ0v) is 26.7. The number of hydrogen-bond acceptors (Lipinski definition) is 8. The molecule has 3 atom stereocenters. The van der Waals surface area contributed by atoms with Crippen LogP contribution in [0.15, 0.2) is 29.6 Å². The Morgan fingerprint density at radius 1 is 1.07 bits per heavy atom. The minimum absolute atomic E-state index is 0.101. The molecule has 2 aromatic rings. The van der Waals surface area contributed by atoms with E-state index in [1.807, 2.05) is 4.90 Å². The van der Waals surface area contributed by atoms with E-state index in [2.05, 4.69) is 37.4 Å². The summed E-state index contributed by atoms with van der Waals surface area (Å²) in [6.07, 6.45) is 6.11. The molecule has 2 amide bonds. The number of thiazole rings is 1. The number of esters is 1. The van der Waals surface area contributed by atoms with Crippen molar-refractivity contribution in [2.24, 2.45) is 5.92 Å². The van der Waals surface area contributed by atoms with Crippen LogP contribution in [-0.4, -0.2) is 44.5 Å². The second kappa shape index (κ2) is 17.9. The topological polar surface area (TPSA) is 132 Å². The highest BCUT2D eigenvalue weighted by atomic mass is 32.2. The summed E-state index contributed by atoms with van der Waals surface area (Å²) in [5, 5.41) is 2.04. The summed E-state index contributed by atoms with van der Waals surface area (Å²) in [6.45, 7) is 10.4. The molecule has 2 rings (SSSR count). The van der Waals surface area contributed by atoms with Gasteiger partial charge in [0, 0.05) is 43.4 Å². The van der Waals surface area contributed by atoms with E-state index < -0.39 is 29.0 Å². The smallest absolute Gasteiger partial charge is 0.303 e. The van der Waals surface area contributed by atoms with Crippen LogP contribution >= 0.6 is 11.3 Å². The predicted molar refractivity (Wildman–Crippen MR) is 165 cm³/mol. The lowest BCUT2D eigenvalue weighted by Crippen LogP contribution is -2.45. The summed E-state index contributed by atoms with van der Waals surface area (Å²) < 4.78 is 20.7. The maximum absolute atomic E-state index is 13.3. The SMILES string of the molecule is CCCCCCN(C(=O)CCCC)C(CC(OC(C)=O)c1nc(C(=O)NS(=O)Cc2ccc(N)cc2)cs1)C(C)C. The molecule has 0 aliphatic rings. The van der Waals surface area contributed by atoms with Gasteiger partial charge in [0.05, 0.1) is 5.75 Å². The van der Waals surface area contributed by atoms with Crippen molar-refractivity contribution in [3.8, 4) is 0 Å². The first-order valence-corrected chi connectivity index (χ1v) is 16.7. The number of carbonyl (C=O) groups excluding carboxylic acids is 3. The molecule has 228 valence electrons. The number of carbonyl (C=O) groups is 3. The molecule has 0 aliphatic carbocycles. The fourth-order valence-electron chi connectivity index (χ4n) is 4.53. The number of rotatable bonds is 18. The molecule has 1 aromatic heterocycles. The first-order chi connectivity index (χ1) is 19.5. The molecule has 11 heteroatoms. The summed E-state index contributed by atoms with van der Waals surface area (Å²) in [4.78, 5) is 44.7. The predicted octanol–water partition coefficient (Wildman–Crippen LogP) is 5.94. The van der Waals surface area contributed by atoms with Crippen molar-refractivity contribution in [3.05, 3.63) is 45.9 Å². The highest BCUT2D eigenvalue weighted by Crippen LogP contribution is 2.31. The summed E-state index contributed by atoms with van der Waals surface area (Å²) in [5.41, 5.74) is 7.18. The molecule has 1 heterocycles. The lowest BCUT2D eigenvalue weighted by Gasteiger charge is -2.36. The van der Waals surface area contributed by atoms with Crippen LogP contribution in [0.2, 0.25) is 0 Å². The van der Waals surface area contributed by atoms with Crippen LogP contribution in [0.25, 0.3) is 0 Å². The van der Waals surface area contributed by atoms with Crippen LogP contribution in [0.1, 0.15) is 113 Å². The number of nitrogens with one attached hydrogen (secondary N) is 1. The number of benzene rings is 1. The van der Waals surface area contributed by atoms with Crippen molar-refractivity contribution in [2.45, 2.75) is 104 Å². The second-order valence-electron chi connectivity index (χ2n) is 10.6. The van der Waals surface area contributed by atoms with Crippen LogP contribution in [0.5, 0.6) is 0 Å². The number of nitrogens with two attached hydrogens (primary N) is 1. The third-order valence-corrected chi connectivity index (χ3v) is 8.71. The number of ether oxygens (including phenoxy) is 1. The van der Waals surface area contributed by atoms with Crippen LogP contribution in [0, 0.1) is 5.92 Å². The van der Waals surface area contributed by atoms with E-state index in [0.717, 1.165) is 44.1 Å². The first kappa shape index (κ1) is 34.4. The number of nitrogen functional groups attached to an aromatic ring is 1. The van der Waals surface area contributed by atoms with Gasteiger partial charge >= 0.3 is 5.97 Å². The van der Waals surface area contributed by atoms with E-state index in [1.54, 1.807) is 29.6 Å². The molecule has 0 saturated carbocycles. The van der Waals surface area contributed by atoms with E-state index >= 15 is 0 Å². The molecule has 9 nitrogen and oxygen atoms in total. The van der Waals surface area contributed by atoms with Crippen LogP contribution in [0.4, 0.5) is 5.69 Å². The van der Waals surface area contributed by atoms with Gasteiger partial charge < -0.3 is 15.4 Å². The van der Waals surface area contributed by atoms with Gasteiger partial charge in [0.25, 0.3) is 5.91 Å². The van der Waals surface area contributed by atoms with E-state index in [9.17, 15) is 18.6 Å². The minimum Gasteiger partial charge on any atom is -0.455 e. The Balaban J connectivity index is 2.20. The third-order valence-electron chi connectivity index (χ3n) is 6.76. The molecule has 0 bridgehead atoms. The standard InChI is InChI=1S/C30H46N4O5S2/c1-6-8-10-11-17-34(28(36)12-9-7-2)26(21(3)4)18-27(39-22(5)35)30-32-25(19-40-30)29(37)33-41(38)20-23-13-15-24(31)16-14-23/h13-16,19,21,26-27H,6-12,17-18,20,31H2,1-5H3,(H,33,37). The molecule has 1 aromatic carbocycles.